The number of hydrogen-bond acceptors (Lipinski definition) is 6. The largest absolute Gasteiger partial charge is 0.380 e. The Kier molecular flexibility index (Phi) is 35.1. The Morgan fingerprint density at radius 3 is 0.978 bits per heavy atom. The first kappa shape index (κ1) is 99.4. The average molecular weight is 2290 g/mol. The average Bonchev–Trinajstić information content (AvgIpc) is 1.51. The zero-order valence-corrected chi connectivity index (χ0v) is 85.8. The fourth-order valence-electron chi connectivity index (χ4n) is 17.2. The molecule has 0 fully saturated rings. The van der Waals surface area contributed by atoms with Gasteiger partial charge in [0.1, 0.15) is 0 Å². The molecule has 0 aliphatic heterocycles. The molecule has 9 heterocycles. The summed E-state index contributed by atoms with van der Waals surface area (Å²) in [6.07, 6.45) is 14.7. The molecule has 0 bridgehead atoms. The van der Waals surface area contributed by atoms with Gasteiger partial charge in [-0.3, -0.25) is 0 Å². The number of aromatic nitrogens is 9. The normalized spacial score (nSPS) is 10.9. The maximum Gasteiger partial charge on any atom is 0.0391 e. The monoisotopic (exact) mass is 2290 g/mol. The van der Waals surface area contributed by atoms with Gasteiger partial charge < -0.3 is 43.6 Å². The van der Waals surface area contributed by atoms with Crippen LogP contribution >= 0.6 is 0 Å². The number of nitrogens with zero attached hydrogens (tertiary/aromatic N) is 9. The summed E-state index contributed by atoms with van der Waals surface area (Å²) in [6.45, 7) is 29.3. The first-order chi connectivity index (χ1) is 64.6. The zero-order valence-electron chi connectivity index (χ0n) is 78.6. The van der Waals surface area contributed by atoms with E-state index in [9.17, 15) is 0 Å². The van der Waals surface area contributed by atoms with E-state index >= 15 is 0 Å². The van der Waals surface area contributed by atoms with Crippen LogP contribution < -0.4 is 0 Å². The summed E-state index contributed by atoms with van der Waals surface area (Å²) in [5.74, 6) is 1.76. The smallest absolute Gasteiger partial charge is 0.0391 e. The minimum atomic E-state index is 0. The third-order valence-corrected chi connectivity index (χ3v) is 23.6. The third-order valence-electron chi connectivity index (χ3n) is 23.6. The Bertz CT molecular complexity index is 7070. The maximum atomic E-state index is 4.64. The Labute approximate surface area is 837 Å². The van der Waals surface area contributed by atoms with Gasteiger partial charge in [0, 0.05) is 150 Å². The van der Waals surface area contributed by atoms with E-state index in [2.05, 4.69) is 394 Å². The van der Waals surface area contributed by atoms with E-state index in [-0.39, 0.29) is 60.3 Å². The molecule has 0 unspecified atom stereocenters. The summed E-state index contributed by atoms with van der Waals surface area (Å²) >= 11 is 0. The van der Waals surface area contributed by atoms with Crippen molar-refractivity contribution in [3.05, 3.63) is 435 Å². The standard InChI is InChI=1S/3C22H21N2.3C19H16N.3Ir/c1-15(2)14-24-21-10-5-4-7-17(21)18-8-6-9-19(22(18)24)20-12-11-16(3)13-23-20;1-15(2)14-24-21-7-5-4-6-18(21)19-10-9-17(12-22(19)24)20-11-8-16(3)13-23-20;1-15(2)14-24-21-7-5-4-6-18(21)19-12-17(9-11-22(19)24)20-10-8-16(3)13-23-20;3*1-2-15-13-19(17-11-7-4-8-12-17)20-14-18(15)16-9-5-3-6-10-16;;;/h3*4-8,10-13,15H,14H2,1-3H3;3*3-11,13-14H,2H2,1H3;;;/q6*-1;;;. The van der Waals surface area contributed by atoms with Gasteiger partial charge in [0.15, 0.2) is 0 Å². The van der Waals surface area contributed by atoms with E-state index in [4.69, 9.17) is 0 Å². The van der Waals surface area contributed by atoms with Crippen LogP contribution in [-0.4, -0.2) is 43.6 Å². The molecule has 0 N–H and O–H groups in total. The molecule has 0 aliphatic rings. The predicted molar refractivity (Wildman–Crippen MR) is 553 cm³/mol. The minimum absolute atomic E-state index is 0. The second-order valence-corrected chi connectivity index (χ2v) is 34.8. The van der Waals surface area contributed by atoms with Crippen LogP contribution in [0, 0.1) is 74.9 Å². The van der Waals surface area contributed by atoms with Gasteiger partial charge in [0.2, 0.25) is 0 Å². The topological polar surface area (TPSA) is 92.1 Å². The Morgan fingerprint density at radius 1 is 0.252 bits per heavy atom. The molecule has 21 aromatic rings. The number of fused-ring (bicyclic) bond motifs is 9. The molecule has 0 saturated carbocycles. The van der Waals surface area contributed by atoms with Crippen LogP contribution in [-0.2, 0) is 99.2 Å². The summed E-state index contributed by atoms with van der Waals surface area (Å²) in [6, 6.07) is 133. The van der Waals surface area contributed by atoms with E-state index in [1.165, 1.54) is 132 Å². The van der Waals surface area contributed by atoms with Crippen LogP contribution in [0.5, 0.6) is 0 Å². The van der Waals surface area contributed by atoms with Crippen molar-refractivity contribution < 1.29 is 60.3 Å². The molecule has 21 rings (SSSR count). The van der Waals surface area contributed by atoms with E-state index in [0.29, 0.717) is 17.8 Å². The van der Waals surface area contributed by atoms with Gasteiger partial charge in [-0.2, -0.15) is 0 Å². The molecule has 12 heteroatoms. The van der Waals surface area contributed by atoms with Crippen molar-refractivity contribution in [2.45, 2.75) is 122 Å². The van der Waals surface area contributed by atoms with Gasteiger partial charge in [0.25, 0.3) is 0 Å². The van der Waals surface area contributed by atoms with Crippen molar-refractivity contribution >= 4 is 65.4 Å². The van der Waals surface area contributed by atoms with Crippen molar-refractivity contribution in [2.75, 3.05) is 0 Å². The van der Waals surface area contributed by atoms with E-state index in [1.54, 1.807) is 0 Å². The molecule has 3 radical (unpaired) electrons. The summed E-state index contributed by atoms with van der Waals surface area (Å²) in [5.41, 5.74) is 34.6. The van der Waals surface area contributed by atoms with Gasteiger partial charge in [0.05, 0.1) is 0 Å². The number of benzene rings is 12. The second kappa shape index (κ2) is 47.7. The number of aryl methyl sites for hydroxylation is 6. The summed E-state index contributed by atoms with van der Waals surface area (Å²) < 4.78 is 7.28. The number of para-hydroxylation sites is 3. The number of pyridine rings is 6. The van der Waals surface area contributed by atoms with Gasteiger partial charge in [-0.15, -0.1) is 179 Å². The summed E-state index contributed by atoms with van der Waals surface area (Å²) in [7, 11) is 0. The van der Waals surface area contributed by atoms with Gasteiger partial charge >= 0.3 is 0 Å². The molecule has 681 valence electrons. The van der Waals surface area contributed by atoms with Crippen molar-refractivity contribution in [3.63, 3.8) is 0 Å². The molecule has 0 spiro atoms. The van der Waals surface area contributed by atoms with Crippen LogP contribution in [0.3, 0.4) is 0 Å². The molecule has 0 saturated heterocycles. The molecule has 9 nitrogen and oxygen atoms in total. The van der Waals surface area contributed by atoms with Crippen LogP contribution in [0.2, 0.25) is 0 Å². The molecular weight excluding hydrogens is 2180 g/mol. The fraction of sp³-hybridized carbons (Fsp3) is 0.171. The molecule has 135 heavy (non-hydrogen) atoms. The molecule has 9 aromatic heterocycles. The molecular formula is C123H111Ir3N9-6. The van der Waals surface area contributed by atoms with Crippen molar-refractivity contribution in [1.29, 1.82) is 0 Å². The van der Waals surface area contributed by atoms with E-state index < -0.39 is 0 Å². The molecule has 12 aromatic carbocycles. The Hall–Kier alpha value is -13.1. The van der Waals surface area contributed by atoms with Crippen LogP contribution in [0.1, 0.15) is 95.7 Å². The number of hydrogen-bond donors (Lipinski definition) is 0. The van der Waals surface area contributed by atoms with Crippen LogP contribution in [0.25, 0.3) is 166 Å². The van der Waals surface area contributed by atoms with Gasteiger partial charge in [-0.05, 0) is 193 Å². The molecule has 0 amide bonds. The van der Waals surface area contributed by atoms with Crippen molar-refractivity contribution in [3.8, 4) is 101 Å². The van der Waals surface area contributed by atoms with Gasteiger partial charge in [-0.25, -0.2) is 0 Å². The van der Waals surface area contributed by atoms with Crippen LogP contribution in [0.15, 0.2) is 365 Å². The summed E-state index contributed by atoms with van der Waals surface area (Å²) in [5, 5.41) is 7.73. The minimum Gasteiger partial charge on any atom is -0.380 e. The Morgan fingerprint density at radius 2 is 0.593 bits per heavy atom. The van der Waals surface area contributed by atoms with Crippen molar-refractivity contribution in [1.82, 2.24) is 43.6 Å². The van der Waals surface area contributed by atoms with Crippen LogP contribution in [0.4, 0.5) is 0 Å². The van der Waals surface area contributed by atoms with E-state index in [1.807, 2.05) is 134 Å². The second-order valence-electron chi connectivity index (χ2n) is 34.8. The zero-order chi connectivity index (χ0) is 91.4. The number of rotatable bonds is 18. The SMILES string of the molecule is CCc1cc(-c2[c-]cccc2)ncc1-c1ccccc1.CCc1cc(-c2[c-]cccc2)ncc1-c1ccccc1.CCc1cc(-c2[c-]cccc2)ncc1-c1ccccc1.Cc1ccc(-c2[c-]cc3c(c2)c2ccccc2n3CC(C)C)nc1.Cc1ccc(-c2[c-]cc3c4ccccc4n(CC(C)C)c3c2)nc1.Cc1ccc(-c2[c-]ccc3c4ccccc4n(CC(C)C)c23)nc1.[Ir].[Ir].[Ir]. The first-order valence-electron chi connectivity index (χ1n) is 46.2. The maximum absolute atomic E-state index is 4.64. The first-order valence-corrected chi connectivity index (χ1v) is 46.2. The summed E-state index contributed by atoms with van der Waals surface area (Å²) in [4.78, 5) is 27.6. The quantitative estimate of drug-likeness (QED) is 0.0795. The molecule has 0 atom stereocenters. The molecule has 0 aliphatic carbocycles. The van der Waals surface area contributed by atoms with Crippen molar-refractivity contribution in [2.24, 2.45) is 17.8 Å². The Balaban J connectivity index is 0.000000137. The van der Waals surface area contributed by atoms with Gasteiger partial charge in [-0.1, -0.05) is 279 Å². The predicted octanol–water partition coefficient (Wildman–Crippen LogP) is 31.2. The third kappa shape index (κ3) is 24.0. The van der Waals surface area contributed by atoms with E-state index in [0.717, 1.165) is 106 Å². The fourth-order valence-corrected chi connectivity index (χ4v) is 17.2.